The Kier molecular flexibility index (Phi) is 5.91. The number of nitrogens with one attached hydrogen (secondary N) is 1. The molecule has 0 aliphatic rings. The Bertz CT molecular complexity index is 1130. The fourth-order valence-corrected chi connectivity index (χ4v) is 3.09. The number of nitrogens with two attached hydrogens (primary N) is 1. The number of amides is 1. The summed E-state index contributed by atoms with van der Waals surface area (Å²) in [5.74, 6) is -1.04. The summed E-state index contributed by atoms with van der Waals surface area (Å²) in [4.78, 5) is 28.0. The lowest BCUT2D eigenvalue weighted by atomic mass is 10.1. The lowest BCUT2D eigenvalue weighted by Crippen LogP contribution is -2.28. The second-order valence-corrected chi connectivity index (χ2v) is 6.43. The second-order valence-electron chi connectivity index (χ2n) is 6.43. The van der Waals surface area contributed by atoms with Gasteiger partial charge in [-0.15, -0.1) is 0 Å². The van der Waals surface area contributed by atoms with Crippen LogP contribution in [0.5, 0.6) is 17.2 Å². The lowest BCUT2D eigenvalue weighted by Gasteiger charge is -2.14. The number of carbonyl (C=O) groups excluding carboxylic acids is 1. The Morgan fingerprint density at radius 1 is 1.20 bits per heavy atom. The third-order valence-corrected chi connectivity index (χ3v) is 4.49. The van der Waals surface area contributed by atoms with Gasteiger partial charge in [0.25, 0.3) is 5.91 Å². The van der Waals surface area contributed by atoms with Gasteiger partial charge in [0.05, 0.1) is 35.9 Å². The van der Waals surface area contributed by atoms with Gasteiger partial charge in [-0.05, 0) is 37.3 Å². The molecular formula is C21H21N3O6. The zero-order chi connectivity index (χ0) is 21.8. The molecule has 0 aliphatic heterocycles. The molecule has 9 nitrogen and oxygen atoms in total. The largest absolute Gasteiger partial charge is 0.504 e. The highest BCUT2D eigenvalue weighted by Crippen LogP contribution is 2.33. The van der Waals surface area contributed by atoms with Crippen LogP contribution < -0.4 is 20.5 Å². The van der Waals surface area contributed by atoms with Gasteiger partial charge in [-0.25, -0.2) is 4.79 Å². The average Bonchev–Trinajstić information content (AvgIpc) is 2.70. The summed E-state index contributed by atoms with van der Waals surface area (Å²) in [6.45, 7) is 1.87. The van der Waals surface area contributed by atoms with Gasteiger partial charge in [0, 0.05) is 5.56 Å². The Morgan fingerprint density at radius 3 is 2.63 bits per heavy atom. The number of fused-ring (bicyclic) bond motifs is 1. The molecule has 0 atom stereocenters. The molecule has 9 heteroatoms. The predicted octanol–water partition coefficient (Wildman–Crippen LogP) is 2.35. The first-order chi connectivity index (χ1) is 14.3. The van der Waals surface area contributed by atoms with Crippen molar-refractivity contribution in [2.45, 2.75) is 6.92 Å². The molecule has 1 heterocycles. The van der Waals surface area contributed by atoms with E-state index in [0.29, 0.717) is 22.3 Å². The van der Waals surface area contributed by atoms with Crippen LogP contribution in [0.3, 0.4) is 0 Å². The number of anilines is 1. The van der Waals surface area contributed by atoms with Crippen LogP contribution >= 0.6 is 0 Å². The van der Waals surface area contributed by atoms with Gasteiger partial charge in [0.1, 0.15) is 17.9 Å². The number of hydrogen-bond acceptors (Lipinski definition) is 7. The average molecular weight is 411 g/mol. The zero-order valence-corrected chi connectivity index (χ0v) is 16.4. The number of nitrogens with zero attached hydrogens (tertiary/aromatic N) is 1. The van der Waals surface area contributed by atoms with Gasteiger partial charge < -0.3 is 30.7 Å². The Balaban J connectivity index is 1.70. The number of aromatic carboxylic acids is 1. The number of carboxylic acids is 1. The molecule has 0 unspecified atom stereocenters. The smallest absolute Gasteiger partial charge is 0.339 e. The van der Waals surface area contributed by atoms with E-state index in [1.165, 1.54) is 25.3 Å². The molecule has 5 N–H and O–H groups in total. The van der Waals surface area contributed by atoms with Crippen LogP contribution in [-0.4, -0.2) is 47.3 Å². The van der Waals surface area contributed by atoms with E-state index in [2.05, 4.69) is 10.3 Å². The van der Waals surface area contributed by atoms with E-state index < -0.39 is 5.97 Å². The summed E-state index contributed by atoms with van der Waals surface area (Å²) in [7, 11) is 1.42. The number of pyridine rings is 1. The Hall–Kier alpha value is -4.01. The van der Waals surface area contributed by atoms with Gasteiger partial charge in [-0.1, -0.05) is 6.07 Å². The number of ether oxygens (including phenoxy) is 2. The van der Waals surface area contributed by atoms with Gasteiger partial charge in [0.15, 0.2) is 11.5 Å². The fourth-order valence-electron chi connectivity index (χ4n) is 3.09. The molecule has 3 rings (SSSR count). The molecule has 0 bridgehead atoms. The molecule has 2 aromatic carbocycles. The highest BCUT2D eigenvalue weighted by molar-refractivity contribution is 6.06. The van der Waals surface area contributed by atoms with E-state index in [4.69, 9.17) is 15.2 Å². The van der Waals surface area contributed by atoms with Crippen molar-refractivity contribution in [1.82, 2.24) is 10.3 Å². The molecule has 0 saturated carbocycles. The number of aromatic nitrogens is 1. The van der Waals surface area contributed by atoms with Crippen LogP contribution in [0.2, 0.25) is 0 Å². The van der Waals surface area contributed by atoms with Crippen molar-refractivity contribution < 1.29 is 29.3 Å². The van der Waals surface area contributed by atoms with Crippen molar-refractivity contribution >= 4 is 28.5 Å². The molecule has 0 saturated heterocycles. The van der Waals surface area contributed by atoms with Crippen molar-refractivity contribution in [3.63, 3.8) is 0 Å². The Labute approximate surface area is 172 Å². The number of carbonyl (C=O) groups is 2. The van der Waals surface area contributed by atoms with Crippen molar-refractivity contribution in [1.29, 1.82) is 0 Å². The van der Waals surface area contributed by atoms with Crippen molar-refractivity contribution in [2.75, 3.05) is 26.0 Å². The molecule has 30 heavy (non-hydrogen) atoms. The first-order valence-electron chi connectivity index (χ1n) is 9.03. The summed E-state index contributed by atoms with van der Waals surface area (Å²) in [6, 6.07) is 9.43. The molecule has 1 amide bonds. The number of aryl methyl sites for hydroxylation is 1. The minimum absolute atomic E-state index is 0.0637. The van der Waals surface area contributed by atoms with Gasteiger partial charge >= 0.3 is 5.97 Å². The van der Waals surface area contributed by atoms with E-state index >= 15 is 0 Å². The number of benzene rings is 2. The quantitative estimate of drug-likeness (QED) is 0.434. The number of carboxylic acid groups (broad SMARTS) is 1. The summed E-state index contributed by atoms with van der Waals surface area (Å²) in [5.41, 5.74) is 7.21. The number of phenols is 1. The third kappa shape index (κ3) is 4.04. The first-order valence-corrected chi connectivity index (χ1v) is 9.03. The monoisotopic (exact) mass is 411 g/mol. The zero-order valence-electron chi connectivity index (χ0n) is 16.4. The molecule has 0 fully saturated rings. The van der Waals surface area contributed by atoms with Crippen LogP contribution in [0.15, 0.2) is 36.4 Å². The number of rotatable bonds is 7. The normalized spacial score (nSPS) is 10.6. The standard InChI is InChI=1S/C21H21N3O6/c1-11-17(21(27)28)19(22)18-13(24-11)4-3-5-16(18)30-9-8-23-20(26)12-6-7-15(29-2)14(25)10-12/h3-7,10,25H,8-9H2,1-2H3,(H2,22,24)(H,23,26)(H,27,28). The van der Waals surface area contributed by atoms with Gasteiger partial charge in [-0.3, -0.25) is 9.78 Å². The first kappa shape index (κ1) is 20.7. The molecular weight excluding hydrogens is 390 g/mol. The molecule has 1 aromatic heterocycles. The maximum atomic E-state index is 12.2. The van der Waals surface area contributed by atoms with Crippen LogP contribution in [0.1, 0.15) is 26.4 Å². The predicted molar refractivity (Wildman–Crippen MR) is 110 cm³/mol. The SMILES string of the molecule is COc1ccc(C(=O)NCCOc2cccc3nc(C)c(C(=O)O)c(N)c23)cc1O. The van der Waals surface area contributed by atoms with Crippen LogP contribution in [0, 0.1) is 6.92 Å². The molecule has 0 spiro atoms. The molecule has 0 aliphatic carbocycles. The minimum atomic E-state index is -1.16. The van der Waals surface area contributed by atoms with E-state index in [-0.39, 0.29) is 47.4 Å². The Morgan fingerprint density at radius 2 is 1.97 bits per heavy atom. The molecule has 3 aromatic rings. The molecule has 156 valence electrons. The number of nitrogen functional groups attached to an aromatic ring is 1. The van der Waals surface area contributed by atoms with E-state index in [1.54, 1.807) is 25.1 Å². The maximum Gasteiger partial charge on any atom is 0.339 e. The maximum absolute atomic E-state index is 12.2. The fraction of sp³-hybridized carbons (Fsp3) is 0.190. The molecule has 0 radical (unpaired) electrons. The van der Waals surface area contributed by atoms with Crippen molar-refractivity contribution in [3.05, 3.63) is 53.2 Å². The third-order valence-electron chi connectivity index (χ3n) is 4.49. The number of aromatic hydroxyl groups is 1. The number of methoxy groups -OCH3 is 1. The highest BCUT2D eigenvalue weighted by Gasteiger charge is 2.19. The number of hydrogen-bond donors (Lipinski definition) is 4. The van der Waals surface area contributed by atoms with E-state index in [1.807, 2.05) is 0 Å². The highest BCUT2D eigenvalue weighted by atomic mass is 16.5. The number of phenolic OH excluding ortho intramolecular Hbond substituents is 1. The van der Waals surface area contributed by atoms with Crippen molar-refractivity contribution in [2.24, 2.45) is 0 Å². The van der Waals surface area contributed by atoms with Crippen LogP contribution in [-0.2, 0) is 0 Å². The summed E-state index contributed by atoms with van der Waals surface area (Å²) < 4.78 is 10.7. The van der Waals surface area contributed by atoms with Crippen LogP contribution in [0.25, 0.3) is 10.9 Å². The lowest BCUT2D eigenvalue weighted by molar-refractivity contribution is 0.0696. The van der Waals surface area contributed by atoms with Gasteiger partial charge in [-0.2, -0.15) is 0 Å². The van der Waals surface area contributed by atoms with Crippen LogP contribution in [0.4, 0.5) is 5.69 Å². The topological polar surface area (TPSA) is 144 Å². The minimum Gasteiger partial charge on any atom is -0.504 e. The van der Waals surface area contributed by atoms with E-state index in [0.717, 1.165) is 0 Å². The second kappa shape index (κ2) is 8.56. The summed E-state index contributed by atoms with van der Waals surface area (Å²) >= 11 is 0. The summed E-state index contributed by atoms with van der Waals surface area (Å²) in [6.07, 6.45) is 0. The summed E-state index contributed by atoms with van der Waals surface area (Å²) in [5, 5.41) is 22.3. The van der Waals surface area contributed by atoms with Gasteiger partial charge in [0.2, 0.25) is 0 Å². The van der Waals surface area contributed by atoms with E-state index in [9.17, 15) is 19.8 Å². The van der Waals surface area contributed by atoms with Crippen molar-refractivity contribution in [3.8, 4) is 17.2 Å².